The van der Waals surface area contributed by atoms with Crippen molar-refractivity contribution >= 4 is 21.1 Å². The van der Waals surface area contributed by atoms with Gasteiger partial charge in [0.1, 0.15) is 0 Å². The monoisotopic (exact) mass is 554 g/mol. The van der Waals surface area contributed by atoms with Crippen LogP contribution in [0.2, 0.25) is 0 Å². The first-order chi connectivity index (χ1) is 16.1. The van der Waals surface area contributed by atoms with E-state index >= 15 is 0 Å². The second kappa shape index (κ2) is 14.3. The summed E-state index contributed by atoms with van der Waals surface area (Å²) < 4.78 is 0. The molecule has 1 atom stereocenters. The molecule has 0 nitrogen and oxygen atoms in total. The predicted octanol–water partition coefficient (Wildman–Crippen LogP) is 10.7. The first-order valence-electron chi connectivity index (χ1n) is 14.1. The van der Waals surface area contributed by atoms with Crippen LogP contribution in [-0.2, 0) is 17.1 Å². The molecule has 2 saturated carbocycles. The maximum Gasteiger partial charge on any atom is 0 e. The second-order valence-electron chi connectivity index (χ2n) is 12.7. The van der Waals surface area contributed by atoms with Gasteiger partial charge in [0, 0.05) is 17.1 Å². The Morgan fingerprint density at radius 1 is 0.743 bits per heavy atom. The minimum atomic E-state index is -0.120. The number of rotatable bonds is 5. The van der Waals surface area contributed by atoms with E-state index < -0.39 is 0 Å². The van der Waals surface area contributed by atoms with Crippen molar-refractivity contribution in [1.29, 1.82) is 0 Å². The summed E-state index contributed by atoms with van der Waals surface area (Å²) >= 11 is 0. The fraction of sp³-hybridized carbons (Fsp3) is 0.688. The average Bonchev–Trinajstić information content (AvgIpc) is 3.49. The van der Waals surface area contributed by atoms with E-state index in [1.54, 1.807) is 5.56 Å². The second-order valence-corrected chi connectivity index (χ2v) is 19.7. The van der Waals surface area contributed by atoms with Gasteiger partial charge in [0.2, 0.25) is 0 Å². The summed E-state index contributed by atoms with van der Waals surface area (Å²) in [6, 6.07) is 17.5. The zero-order chi connectivity index (χ0) is 24.8. The van der Waals surface area contributed by atoms with Crippen LogP contribution in [0.1, 0.15) is 124 Å². The first kappa shape index (κ1) is 31.3. The van der Waals surface area contributed by atoms with Gasteiger partial charge in [-0.2, -0.15) is 11.6 Å². The standard InChI is InChI=1S/C27H47P2.C5H5.Fe/c1-21(29(26(2,3)4)27(5,6)7)24-19-14-20-25(24)28(22-15-10-8-11-16-22)23-17-12-9-13-18-23;1-2-4-5-3-1;/h14,19-23H,8-13,15-18H2,1-7H3;1-5H;/q-1;-5;. The summed E-state index contributed by atoms with van der Waals surface area (Å²) in [6.45, 7) is 17.5. The van der Waals surface area contributed by atoms with E-state index in [-0.39, 0.29) is 32.9 Å². The zero-order valence-electron chi connectivity index (χ0n) is 23.7. The Hall–Kier alpha value is 0.0795. The molecule has 0 N–H and O–H groups in total. The van der Waals surface area contributed by atoms with Gasteiger partial charge in [-0.15, -0.1) is 13.2 Å². The summed E-state index contributed by atoms with van der Waals surface area (Å²) in [4.78, 5) is 0. The van der Waals surface area contributed by atoms with E-state index in [0.717, 1.165) is 11.3 Å². The van der Waals surface area contributed by atoms with Gasteiger partial charge in [0.15, 0.2) is 0 Å². The van der Waals surface area contributed by atoms with Crippen molar-refractivity contribution < 1.29 is 17.1 Å². The molecule has 0 aliphatic heterocycles. The summed E-state index contributed by atoms with van der Waals surface area (Å²) in [7, 11) is -0.114. The third-order valence-corrected chi connectivity index (χ3v) is 15.4. The minimum Gasteiger partial charge on any atom is -0.748 e. The first-order valence-corrected chi connectivity index (χ1v) is 17.0. The molecule has 35 heavy (non-hydrogen) atoms. The molecule has 4 rings (SSSR count). The van der Waals surface area contributed by atoms with Crippen LogP contribution in [0.15, 0.2) is 48.5 Å². The van der Waals surface area contributed by atoms with Crippen LogP contribution in [0, 0.1) is 0 Å². The van der Waals surface area contributed by atoms with Gasteiger partial charge in [-0.3, -0.25) is 0 Å². The van der Waals surface area contributed by atoms with Crippen LogP contribution in [0.25, 0.3) is 0 Å². The third kappa shape index (κ3) is 8.81. The summed E-state index contributed by atoms with van der Waals surface area (Å²) in [6.07, 6.45) is 14.9. The molecule has 0 spiro atoms. The molecule has 0 aromatic heterocycles. The maximum atomic E-state index is 2.58. The SMILES string of the molecule is CC(c1ccc[c-]1P(C1CCCCC1)C1CCCCC1)P(C(C)(C)C)C(C)(C)C.[Fe].[cH-]1[cH-][cH-][cH-][cH-]1. The average molecular weight is 555 g/mol. The molecule has 2 aliphatic rings. The normalized spacial score (nSPS) is 19.2. The van der Waals surface area contributed by atoms with Crippen molar-refractivity contribution in [3.8, 4) is 0 Å². The molecule has 204 valence electrons. The van der Waals surface area contributed by atoms with Crippen molar-refractivity contribution in [1.82, 2.24) is 0 Å². The Kier molecular flexibility index (Phi) is 12.8. The van der Waals surface area contributed by atoms with Crippen LogP contribution in [0.3, 0.4) is 0 Å². The van der Waals surface area contributed by atoms with E-state index in [9.17, 15) is 0 Å². The van der Waals surface area contributed by atoms with Gasteiger partial charge in [0.25, 0.3) is 0 Å². The number of hydrogen-bond donors (Lipinski definition) is 0. The van der Waals surface area contributed by atoms with Crippen LogP contribution < -0.4 is 5.30 Å². The van der Waals surface area contributed by atoms with Crippen molar-refractivity contribution in [2.24, 2.45) is 0 Å². The summed E-state index contributed by atoms with van der Waals surface area (Å²) in [5.41, 5.74) is 4.46. The fourth-order valence-corrected chi connectivity index (χ4v) is 16.0. The van der Waals surface area contributed by atoms with Gasteiger partial charge in [-0.25, -0.2) is 12.1 Å². The molecule has 3 heteroatoms. The van der Waals surface area contributed by atoms with Crippen LogP contribution in [-0.4, -0.2) is 21.6 Å². The van der Waals surface area contributed by atoms with Gasteiger partial charge in [-0.1, -0.05) is 94.9 Å². The molecular weight excluding hydrogens is 502 g/mol. The van der Waals surface area contributed by atoms with Gasteiger partial charge < -0.3 is 30.3 Å². The maximum absolute atomic E-state index is 2.58. The van der Waals surface area contributed by atoms with Crippen LogP contribution >= 0.6 is 15.8 Å². The van der Waals surface area contributed by atoms with E-state index in [1.165, 1.54) is 64.2 Å². The van der Waals surface area contributed by atoms with Gasteiger partial charge >= 0.3 is 0 Å². The molecule has 0 heterocycles. The Morgan fingerprint density at radius 2 is 1.14 bits per heavy atom. The largest absolute Gasteiger partial charge is 0.748 e. The van der Waals surface area contributed by atoms with Gasteiger partial charge in [-0.05, 0) is 53.0 Å². The van der Waals surface area contributed by atoms with Crippen LogP contribution in [0.5, 0.6) is 0 Å². The Balaban J connectivity index is 0.000000640. The molecule has 2 aromatic rings. The van der Waals surface area contributed by atoms with E-state index in [0.29, 0.717) is 16.0 Å². The van der Waals surface area contributed by atoms with Crippen molar-refractivity contribution in [2.45, 2.75) is 140 Å². The van der Waals surface area contributed by atoms with Crippen molar-refractivity contribution in [3.05, 3.63) is 54.1 Å². The Bertz CT molecular complexity index is 746. The van der Waals surface area contributed by atoms with E-state index in [2.05, 4.69) is 66.7 Å². The molecule has 0 bridgehead atoms. The smallest absolute Gasteiger partial charge is 0 e. The van der Waals surface area contributed by atoms with Crippen LogP contribution in [0.4, 0.5) is 0 Å². The van der Waals surface area contributed by atoms with Crippen molar-refractivity contribution in [3.63, 3.8) is 0 Å². The van der Waals surface area contributed by atoms with E-state index in [4.69, 9.17) is 0 Å². The molecule has 2 aromatic carbocycles. The fourth-order valence-electron chi connectivity index (χ4n) is 7.05. The molecule has 0 radical (unpaired) electrons. The molecule has 1 unspecified atom stereocenters. The zero-order valence-corrected chi connectivity index (χ0v) is 26.6. The Morgan fingerprint density at radius 3 is 1.51 bits per heavy atom. The quantitative estimate of drug-likeness (QED) is 0.196. The predicted molar refractivity (Wildman–Crippen MR) is 159 cm³/mol. The Labute approximate surface area is 231 Å². The topological polar surface area (TPSA) is 0 Å². The molecule has 2 fully saturated rings. The minimum absolute atomic E-state index is 0. The van der Waals surface area contributed by atoms with Gasteiger partial charge in [0.05, 0.1) is 0 Å². The van der Waals surface area contributed by atoms with E-state index in [1.807, 2.05) is 35.6 Å². The summed E-state index contributed by atoms with van der Waals surface area (Å²) in [5, 5.41) is 2.62. The summed E-state index contributed by atoms with van der Waals surface area (Å²) in [5.74, 6) is 0. The number of hydrogen-bond acceptors (Lipinski definition) is 0. The molecular formula is C32H52FeP2-6. The van der Waals surface area contributed by atoms with Crippen molar-refractivity contribution in [2.75, 3.05) is 0 Å². The molecule has 0 amide bonds. The third-order valence-electron chi connectivity index (χ3n) is 7.88. The molecule has 0 saturated heterocycles. The molecule has 2 aliphatic carbocycles.